The minimum absolute atomic E-state index is 0.399. The smallest absolute Gasteiger partial charge is 0.164 e. The van der Waals surface area contributed by atoms with Crippen LogP contribution in [-0.2, 0) is 0 Å². The van der Waals surface area contributed by atoms with Crippen LogP contribution in [0.25, 0.3) is 99.9 Å². The molecule has 0 aliphatic rings. The zero-order valence-electron chi connectivity index (χ0n) is 54.2. The summed E-state index contributed by atoms with van der Waals surface area (Å²) in [6.45, 7) is 0. The lowest BCUT2D eigenvalue weighted by molar-refractivity contribution is 0.669. The number of nitrogens with zero attached hydrogens (tertiary/aromatic N) is 3. The predicted molar refractivity (Wildman–Crippen MR) is 209 cm³/mol. The van der Waals surface area contributed by atoms with Gasteiger partial charge in [-0.15, -0.1) is 0 Å². The molecule has 0 aliphatic carbocycles. The van der Waals surface area contributed by atoms with Gasteiger partial charge in [0.05, 0.1) is 39.8 Å². The number of hydrogen-bond donors (Lipinski definition) is 0. The predicted octanol–water partition coefficient (Wildman–Crippen LogP) is 12.4. The molecule has 0 spiro atoms. The van der Waals surface area contributed by atoms with E-state index in [9.17, 15) is 11.0 Å². The van der Waals surface area contributed by atoms with Crippen molar-refractivity contribution >= 4 is 43.5 Å². The molecule has 0 fully saturated rings. The fourth-order valence-electron chi connectivity index (χ4n) is 5.31. The zero-order chi connectivity index (χ0) is 59.0. The van der Waals surface area contributed by atoms with Gasteiger partial charge < -0.3 is 4.42 Å². The van der Waals surface area contributed by atoms with Gasteiger partial charge in [0.25, 0.3) is 0 Å². The molecule has 0 radical (unpaired) electrons. The number of rotatable bonds is 5. The lowest BCUT2D eigenvalue weighted by Gasteiger charge is -2.15. The molecule has 4 nitrogen and oxygen atoms in total. The third-order valence-corrected chi connectivity index (χ3v) is 7.57. The van der Waals surface area contributed by atoms with Crippen molar-refractivity contribution in [3.8, 4) is 56.4 Å². The number of furan rings is 1. The molecule has 0 bridgehead atoms. The maximum atomic E-state index is 9.97. The van der Waals surface area contributed by atoms with Crippen LogP contribution in [0.2, 0.25) is 0 Å². The molecule has 8 aromatic carbocycles. The van der Waals surface area contributed by atoms with Crippen LogP contribution in [0.1, 0.15) is 39.8 Å². The second-order valence-electron chi connectivity index (χ2n) is 10.6. The maximum Gasteiger partial charge on any atom is 0.164 e. The first-order valence-corrected chi connectivity index (χ1v) is 14.7. The van der Waals surface area contributed by atoms with Crippen molar-refractivity contribution < 1.29 is 44.2 Å². The summed E-state index contributed by atoms with van der Waals surface area (Å²) in [7, 11) is 0. The molecule has 10 aromatic rings. The van der Waals surface area contributed by atoms with Gasteiger partial charge in [0.15, 0.2) is 17.5 Å². The molecular weight excluding hydrogens is 623 g/mol. The minimum Gasteiger partial charge on any atom is -0.456 e. The Morgan fingerprint density at radius 3 is 1.59 bits per heavy atom. The highest BCUT2D eigenvalue weighted by Gasteiger charge is 2.17. The average molecular weight is 681 g/mol. The van der Waals surface area contributed by atoms with Crippen molar-refractivity contribution in [3.63, 3.8) is 0 Å². The van der Waals surface area contributed by atoms with Gasteiger partial charge in [0.1, 0.15) is 11.2 Å². The van der Waals surface area contributed by atoms with E-state index in [0.29, 0.717) is 0 Å². The number of hydrogen-bond acceptors (Lipinski definition) is 4. The van der Waals surface area contributed by atoms with Gasteiger partial charge in [-0.2, -0.15) is 0 Å². The molecule has 0 saturated carbocycles. The lowest BCUT2D eigenvalue weighted by Crippen LogP contribution is -2.00. The summed E-state index contributed by atoms with van der Waals surface area (Å²) >= 11 is 0. The van der Waals surface area contributed by atoms with Crippen LogP contribution < -0.4 is 0 Å². The average Bonchev–Trinajstić information content (AvgIpc) is 4.03. The Morgan fingerprint density at radius 1 is 0.333 bits per heavy atom. The van der Waals surface area contributed by atoms with E-state index in [-0.39, 0.29) is 0 Å². The summed E-state index contributed by atoms with van der Waals surface area (Å²) in [5.74, 6) is -2.75. The van der Waals surface area contributed by atoms with E-state index < -0.39 is 275 Å². The molecule has 0 amide bonds. The molecule has 2 heterocycles. The fraction of sp³-hybridized carbons (Fsp3) is 0. The van der Waals surface area contributed by atoms with E-state index in [1.807, 2.05) is 0 Å². The number of para-hydroxylation sites is 1. The first kappa shape index (κ1) is 12.1. The van der Waals surface area contributed by atoms with Crippen LogP contribution in [0.15, 0.2) is 180 Å². The Labute approximate surface area is 335 Å². The van der Waals surface area contributed by atoms with Gasteiger partial charge in [0, 0.05) is 27.5 Å². The van der Waals surface area contributed by atoms with Gasteiger partial charge in [-0.3, -0.25) is 0 Å². The highest BCUT2D eigenvalue weighted by Crippen LogP contribution is 2.40. The van der Waals surface area contributed by atoms with Gasteiger partial charge in [-0.05, 0) is 74.0 Å². The Kier molecular flexibility index (Phi) is 2.83. The summed E-state index contributed by atoms with van der Waals surface area (Å²) in [6, 6.07) is -27.2. The van der Waals surface area contributed by atoms with Gasteiger partial charge >= 0.3 is 0 Å². The SMILES string of the molecule is [2H]c1c([2H])c([2H])c(-c2nc(-c3c([2H])c([2H])c([2H])c([2H])c3[2H])nc(-c3c([2H])c([2H])c(-c4c([2H])c([2H])c5c([2H])c([2H])c6c([2H])c7oc8c([2H])c([2H])c([2H])c([2H])c8c7c([2H])c6c5c4[2H])c(-c4c([2H])c([2H])c([2H])c([2H])c4[2H])c3[2H])n2)c([2H])c1[2H]. The molecule has 2 aromatic heterocycles. The lowest BCUT2D eigenvalue weighted by atomic mass is 9.90. The zero-order valence-corrected chi connectivity index (χ0v) is 25.2. The van der Waals surface area contributed by atoms with E-state index in [1.54, 1.807) is 0 Å². The van der Waals surface area contributed by atoms with E-state index in [4.69, 9.17) is 33.2 Å². The van der Waals surface area contributed by atoms with Crippen molar-refractivity contribution in [2.75, 3.05) is 0 Å². The van der Waals surface area contributed by atoms with Crippen LogP contribution in [0.3, 0.4) is 0 Å². The minimum atomic E-state index is -1.19. The molecule has 10 rings (SSSR count). The molecule has 0 unspecified atom stereocenters. The van der Waals surface area contributed by atoms with E-state index in [0.717, 1.165) is 0 Å². The van der Waals surface area contributed by atoms with Crippen LogP contribution >= 0.6 is 0 Å². The standard InChI is InChI=1S/C47H29N3O/c1-4-12-30(13-5-1)39-27-36(47-49-45(32-14-6-2-7-15-32)48-46(50-47)33-16-8-3-9-17-33)24-25-37(39)34-22-20-31-21-23-35-28-44-42(29-41(35)40(31)26-34)38-18-10-11-19-43(38)51-44/h1-29H/i1D,2D,3D,4D,5D,6D,7D,8D,9D,10D,11D,12D,13D,14D,15D,16D,17D,18D,19D,20D,21D,22D,23D,24D,25D,26D,27D,28D,29D. The summed E-state index contributed by atoms with van der Waals surface area (Å²) in [4.78, 5) is 12.7. The number of fused-ring (bicyclic) bond motifs is 6. The number of aromatic nitrogens is 3. The molecule has 4 heteroatoms. The fourth-order valence-corrected chi connectivity index (χ4v) is 5.31. The van der Waals surface area contributed by atoms with Crippen LogP contribution in [-0.4, -0.2) is 15.0 Å². The Morgan fingerprint density at radius 2 is 0.882 bits per heavy atom. The van der Waals surface area contributed by atoms with Crippen molar-refractivity contribution in [3.05, 3.63) is 175 Å². The van der Waals surface area contributed by atoms with Crippen LogP contribution in [0.4, 0.5) is 0 Å². The highest BCUT2D eigenvalue weighted by atomic mass is 16.3. The molecule has 238 valence electrons. The van der Waals surface area contributed by atoms with E-state index in [1.165, 1.54) is 0 Å². The van der Waals surface area contributed by atoms with Crippen molar-refractivity contribution in [1.29, 1.82) is 0 Å². The first-order valence-electron chi connectivity index (χ1n) is 29.2. The Hall–Kier alpha value is -6.91. The van der Waals surface area contributed by atoms with Crippen molar-refractivity contribution in [2.24, 2.45) is 0 Å². The molecular formula is C47H29N3O. The second kappa shape index (κ2) is 11.9. The van der Waals surface area contributed by atoms with Gasteiger partial charge in [-0.1, -0.05) is 145 Å². The third kappa shape index (κ3) is 5.13. The summed E-state index contributed by atoms with van der Waals surface area (Å²) in [5, 5.41) is -3.32. The van der Waals surface area contributed by atoms with E-state index >= 15 is 0 Å². The Bertz CT molecular complexity index is 4420. The first-order chi connectivity index (χ1) is 37.3. The molecule has 0 atom stereocenters. The molecule has 0 saturated heterocycles. The van der Waals surface area contributed by atoms with E-state index in [2.05, 4.69) is 15.0 Å². The molecule has 0 aliphatic heterocycles. The number of benzene rings is 8. The quantitative estimate of drug-likeness (QED) is 0.170. The Balaban J connectivity index is 1.43. The van der Waals surface area contributed by atoms with Gasteiger partial charge in [-0.25, -0.2) is 15.0 Å². The molecule has 0 N–H and O–H groups in total. The summed E-state index contributed by atoms with van der Waals surface area (Å²) < 4.78 is 264. The molecule has 51 heavy (non-hydrogen) atoms. The maximum absolute atomic E-state index is 9.97. The van der Waals surface area contributed by atoms with Crippen LogP contribution in [0.5, 0.6) is 0 Å². The highest BCUT2D eigenvalue weighted by molar-refractivity contribution is 6.17. The normalized spacial score (nSPS) is 19.5. The summed E-state index contributed by atoms with van der Waals surface area (Å²) in [6.07, 6.45) is 0. The van der Waals surface area contributed by atoms with Crippen molar-refractivity contribution in [1.82, 2.24) is 15.0 Å². The van der Waals surface area contributed by atoms with Crippen LogP contribution in [0, 0.1) is 0 Å². The van der Waals surface area contributed by atoms with Crippen molar-refractivity contribution in [2.45, 2.75) is 0 Å². The second-order valence-corrected chi connectivity index (χ2v) is 10.6. The largest absolute Gasteiger partial charge is 0.456 e. The third-order valence-electron chi connectivity index (χ3n) is 7.57. The summed E-state index contributed by atoms with van der Waals surface area (Å²) in [5.41, 5.74) is -7.33. The topological polar surface area (TPSA) is 51.8 Å². The van der Waals surface area contributed by atoms with Gasteiger partial charge in [0.2, 0.25) is 0 Å². The monoisotopic (exact) mass is 680 g/mol.